The van der Waals surface area contributed by atoms with E-state index in [2.05, 4.69) is 5.32 Å². The molecular weight excluding hydrogens is 234 g/mol. The number of benzene rings is 1. The van der Waals surface area contributed by atoms with E-state index in [1.165, 1.54) is 0 Å². The number of nitrogens with two attached hydrogens (primary N) is 1. The van der Waals surface area contributed by atoms with Crippen LogP contribution in [-0.2, 0) is 14.4 Å². The number of carbonyl (C=O) groups excluding carboxylic acids is 3. The molecule has 2 rings (SSSR count). The maximum absolute atomic E-state index is 12.0. The highest BCUT2D eigenvalue weighted by molar-refractivity contribution is 6.22. The van der Waals surface area contributed by atoms with Gasteiger partial charge in [0.25, 0.3) is 5.91 Å². The van der Waals surface area contributed by atoms with Crippen molar-refractivity contribution in [3.63, 3.8) is 0 Å². The summed E-state index contributed by atoms with van der Waals surface area (Å²) in [5.74, 6) is -1.20. The quantitative estimate of drug-likeness (QED) is 0.694. The molecule has 3 N–H and O–H groups in total. The predicted molar refractivity (Wildman–Crippen MR) is 64.5 cm³/mol. The molecule has 1 aromatic rings. The molecule has 1 unspecified atom stereocenters. The Kier molecular flexibility index (Phi) is 3.38. The Balaban J connectivity index is 2.12. The Morgan fingerprint density at radius 2 is 2.00 bits per heavy atom. The molecule has 1 saturated heterocycles. The number of hydrogen-bond acceptors (Lipinski definition) is 4. The third-order valence-electron chi connectivity index (χ3n) is 2.68. The van der Waals surface area contributed by atoms with Crippen molar-refractivity contribution >= 4 is 23.4 Å². The number of imide groups is 1. The van der Waals surface area contributed by atoms with Crippen LogP contribution < -0.4 is 16.0 Å². The van der Waals surface area contributed by atoms with Crippen molar-refractivity contribution in [1.29, 1.82) is 0 Å². The molecule has 1 heterocycles. The highest BCUT2D eigenvalue weighted by Crippen LogP contribution is 2.22. The van der Waals surface area contributed by atoms with Crippen LogP contribution in [0.4, 0.5) is 5.69 Å². The third kappa shape index (κ3) is 2.38. The van der Waals surface area contributed by atoms with Crippen molar-refractivity contribution in [3.8, 4) is 0 Å². The van der Waals surface area contributed by atoms with Gasteiger partial charge in [0, 0.05) is 0 Å². The number of hydrogen-bond donors (Lipinski definition) is 2. The largest absolute Gasteiger partial charge is 0.369 e. The van der Waals surface area contributed by atoms with Crippen LogP contribution in [0.3, 0.4) is 0 Å². The second kappa shape index (κ2) is 4.97. The van der Waals surface area contributed by atoms with E-state index < -0.39 is 11.9 Å². The number of anilines is 1. The normalized spacial score (nSPS) is 19.3. The summed E-state index contributed by atoms with van der Waals surface area (Å²) in [6.45, 7) is -0.119. The molecule has 0 radical (unpaired) electrons. The van der Waals surface area contributed by atoms with E-state index in [0.29, 0.717) is 5.69 Å². The highest BCUT2D eigenvalue weighted by Gasteiger charge is 2.39. The molecule has 18 heavy (non-hydrogen) atoms. The van der Waals surface area contributed by atoms with Gasteiger partial charge in [-0.05, 0) is 12.1 Å². The lowest BCUT2D eigenvalue weighted by Crippen LogP contribution is -2.42. The molecule has 1 aliphatic heterocycles. The molecule has 0 spiro atoms. The van der Waals surface area contributed by atoms with Crippen LogP contribution in [0.5, 0.6) is 0 Å². The van der Waals surface area contributed by atoms with Gasteiger partial charge in [0.05, 0.1) is 24.7 Å². The van der Waals surface area contributed by atoms with Crippen LogP contribution in [0.25, 0.3) is 0 Å². The van der Waals surface area contributed by atoms with Gasteiger partial charge in [0.1, 0.15) is 0 Å². The molecule has 3 amide bonds. The molecule has 1 atom stereocenters. The molecular formula is C12H13N3O3. The summed E-state index contributed by atoms with van der Waals surface area (Å²) >= 11 is 0. The van der Waals surface area contributed by atoms with Crippen LogP contribution >= 0.6 is 0 Å². The Morgan fingerprint density at radius 3 is 2.61 bits per heavy atom. The standard InChI is InChI=1S/C12H13N3O3/c13-10(16)7-14-9-6-11(17)15(12(9)18)8-4-2-1-3-5-8/h1-5,9,14H,6-7H2,(H2,13,16). The van der Waals surface area contributed by atoms with E-state index in [-0.39, 0.29) is 24.8 Å². The first-order valence-electron chi connectivity index (χ1n) is 5.53. The van der Waals surface area contributed by atoms with Crippen LogP contribution in [0.2, 0.25) is 0 Å². The molecule has 1 aliphatic rings. The average molecular weight is 247 g/mol. The molecule has 0 aliphatic carbocycles. The summed E-state index contributed by atoms with van der Waals surface area (Å²) in [6, 6.07) is 8.00. The van der Waals surface area contributed by atoms with Gasteiger partial charge in [-0.25, -0.2) is 4.90 Å². The van der Waals surface area contributed by atoms with Gasteiger partial charge in [-0.2, -0.15) is 0 Å². The lowest BCUT2D eigenvalue weighted by molar-refractivity contribution is -0.121. The zero-order chi connectivity index (χ0) is 13.1. The number of para-hydroxylation sites is 1. The van der Waals surface area contributed by atoms with Gasteiger partial charge in [0.15, 0.2) is 0 Å². The topological polar surface area (TPSA) is 92.5 Å². The van der Waals surface area contributed by atoms with Crippen molar-refractivity contribution in [1.82, 2.24) is 5.32 Å². The maximum Gasteiger partial charge on any atom is 0.251 e. The Bertz CT molecular complexity index is 487. The van der Waals surface area contributed by atoms with E-state index in [9.17, 15) is 14.4 Å². The van der Waals surface area contributed by atoms with Crippen molar-refractivity contribution in [2.24, 2.45) is 5.73 Å². The first-order valence-corrected chi connectivity index (χ1v) is 5.53. The van der Waals surface area contributed by atoms with Crippen LogP contribution in [-0.4, -0.2) is 30.3 Å². The summed E-state index contributed by atoms with van der Waals surface area (Å²) in [5.41, 5.74) is 5.52. The van der Waals surface area contributed by atoms with E-state index in [0.717, 1.165) is 4.90 Å². The van der Waals surface area contributed by atoms with Gasteiger partial charge in [-0.15, -0.1) is 0 Å². The fourth-order valence-corrected chi connectivity index (χ4v) is 1.86. The zero-order valence-electron chi connectivity index (χ0n) is 9.63. The monoisotopic (exact) mass is 247 g/mol. The van der Waals surface area contributed by atoms with Gasteiger partial charge >= 0.3 is 0 Å². The summed E-state index contributed by atoms with van der Waals surface area (Å²) in [6.07, 6.45) is 0.0427. The number of nitrogens with one attached hydrogen (secondary N) is 1. The molecule has 94 valence electrons. The van der Waals surface area contributed by atoms with Crippen LogP contribution in [0, 0.1) is 0 Å². The van der Waals surface area contributed by atoms with Gasteiger partial charge in [-0.1, -0.05) is 18.2 Å². The minimum Gasteiger partial charge on any atom is -0.369 e. The van der Waals surface area contributed by atoms with E-state index in [1.54, 1.807) is 30.3 Å². The van der Waals surface area contributed by atoms with Crippen molar-refractivity contribution in [2.45, 2.75) is 12.5 Å². The molecule has 6 heteroatoms. The predicted octanol–water partition coefficient (Wildman–Crippen LogP) is -0.607. The van der Waals surface area contributed by atoms with Gasteiger partial charge in [0.2, 0.25) is 11.8 Å². The lowest BCUT2D eigenvalue weighted by Gasteiger charge is -2.14. The number of carbonyl (C=O) groups is 3. The molecule has 1 aromatic carbocycles. The molecule has 6 nitrogen and oxygen atoms in total. The molecule has 0 saturated carbocycles. The average Bonchev–Trinajstić information content (AvgIpc) is 2.63. The summed E-state index contributed by atoms with van der Waals surface area (Å²) in [5, 5.41) is 2.67. The maximum atomic E-state index is 12.0. The third-order valence-corrected chi connectivity index (χ3v) is 2.68. The lowest BCUT2D eigenvalue weighted by atomic mass is 10.2. The first-order chi connectivity index (χ1) is 8.59. The van der Waals surface area contributed by atoms with Crippen molar-refractivity contribution < 1.29 is 14.4 Å². The highest BCUT2D eigenvalue weighted by atomic mass is 16.2. The molecule has 1 fully saturated rings. The minimum absolute atomic E-state index is 0.0427. The second-order valence-corrected chi connectivity index (χ2v) is 4.01. The first kappa shape index (κ1) is 12.3. The number of amides is 3. The summed E-state index contributed by atoms with van der Waals surface area (Å²) < 4.78 is 0. The Hall–Kier alpha value is -2.21. The van der Waals surface area contributed by atoms with Gasteiger partial charge < -0.3 is 5.73 Å². The van der Waals surface area contributed by atoms with E-state index in [1.807, 2.05) is 0 Å². The fraction of sp³-hybridized carbons (Fsp3) is 0.250. The molecule has 0 bridgehead atoms. The summed E-state index contributed by atoms with van der Waals surface area (Å²) in [7, 11) is 0. The second-order valence-electron chi connectivity index (χ2n) is 4.01. The summed E-state index contributed by atoms with van der Waals surface area (Å²) in [4.78, 5) is 35.6. The molecule has 0 aromatic heterocycles. The van der Waals surface area contributed by atoms with Crippen LogP contribution in [0.15, 0.2) is 30.3 Å². The fourth-order valence-electron chi connectivity index (χ4n) is 1.86. The Morgan fingerprint density at radius 1 is 1.33 bits per heavy atom. The van der Waals surface area contributed by atoms with Gasteiger partial charge in [-0.3, -0.25) is 19.7 Å². The SMILES string of the molecule is NC(=O)CNC1CC(=O)N(c2ccccc2)C1=O. The number of primary amides is 1. The zero-order valence-corrected chi connectivity index (χ0v) is 9.63. The number of rotatable bonds is 4. The van der Waals surface area contributed by atoms with E-state index in [4.69, 9.17) is 5.73 Å². The van der Waals surface area contributed by atoms with Crippen molar-refractivity contribution in [3.05, 3.63) is 30.3 Å². The minimum atomic E-state index is -0.676. The smallest absolute Gasteiger partial charge is 0.251 e. The van der Waals surface area contributed by atoms with Crippen LogP contribution in [0.1, 0.15) is 6.42 Å². The Labute approximate surface area is 104 Å². The van der Waals surface area contributed by atoms with Crippen molar-refractivity contribution in [2.75, 3.05) is 11.4 Å². The number of nitrogens with zero attached hydrogens (tertiary/aromatic N) is 1. The van der Waals surface area contributed by atoms with E-state index >= 15 is 0 Å².